The first kappa shape index (κ1) is 10.9. The molecule has 0 unspecified atom stereocenters. The number of carbonyl (C=O) groups excluding carboxylic acids is 1. The zero-order valence-electron chi connectivity index (χ0n) is 8.71. The third-order valence-corrected chi connectivity index (χ3v) is 2.89. The fourth-order valence-electron chi connectivity index (χ4n) is 1.12. The zero-order valence-corrected chi connectivity index (χ0v) is 9.53. The van der Waals surface area contributed by atoms with Gasteiger partial charge in [-0.25, -0.2) is 0 Å². The van der Waals surface area contributed by atoms with Crippen molar-refractivity contribution in [2.75, 3.05) is 0 Å². The molecular formula is C11H10N2O2S. The van der Waals surface area contributed by atoms with Gasteiger partial charge in [-0.2, -0.15) is 4.98 Å². The summed E-state index contributed by atoms with van der Waals surface area (Å²) in [5, 5.41) is 3.72. The van der Waals surface area contributed by atoms with Crippen LogP contribution in [0.2, 0.25) is 0 Å². The van der Waals surface area contributed by atoms with Gasteiger partial charge >= 0.3 is 0 Å². The SMILES string of the molecule is CC(=O)c1nc(CSc2ccccc2)no1. The second-order valence-electron chi connectivity index (χ2n) is 3.17. The van der Waals surface area contributed by atoms with Gasteiger partial charge in [0.2, 0.25) is 5.78 Å². The number of hydrogen-bond acceptors (Lipinski definition) is 5. The van der Waals surface area contributed by atoms with Gasteiger partial charge in [0.1, 0.15) is 0 Å². The van der Waals surface area contributed by atoms with Crippen LogP contribution >= 0.6 is 11.8 Å². The number of hydrogen-bond donors (Lipinski definition) is 0. The van der Waals surface area contributed by atoms with Crippen molar-refractivity contribution in [3.8, 4) is 0 Å². The molecule has 0 bridgehead atoms. The predicted octanol–water partition coefficient (Wildman–Crippen LogP) is 2.56. The number of aromatic nitrogens is 2. The van der Waals surface area contributed by atoms with Crippen molar-refractivity contribution in [2.24, 2.45) is 0 Å². The van der Waals surface area contributed by atoms with E-state index in [1.165, 1.54) is 6.92 Å². The Morgan fingerprint density at radius 1 is 1.38 bits per heavy atom. The minimum atomic E-state index is -0.205. The lowest BCUT2D eigenvalue weighted by Gasteiger charge is -1.95. The predicted molar refractivity (Wildman–Crippen MR) is 60.3 cm³/mol. The Morgan fingerprint density at radius 3 is 2.75 bits per heavy atom. The van der Waals surface area contributed by atoms with Crippen LogP contribution in [0.5, 0.6) is 0 Å². The summed E-state index contributed by atoms with van der Waals surface area (Å²) in [6.45, 7) is 1.40. The van der Waals surface area contributed by atoms with E-state index in [1.54, 1.807) is 11.8 Å². The summed E-state index contributed by atoms with van der Waals surface area (Å²) in [5.74, 6) is 1.01. The van der Waals surface area contributed by atoms with E-state index in [0.717, 1.165) is 4.90 Å². The molecule has 4 nitrogen and oxygen atoms in total. The maximum Gasteiger partial charge on any atom is 0.293 e. The number of carbonyl (C=O) groups is 1. The molecule has 0 saturated carbocycles. The lowest BCUT2D eigenvalue weighted by molar-refractivity contribution is 0.0972. The van der Waals surface area contributed by atoms with E-state index >= 15 is 0 Å². The summed E-state index contributed by atoms with van der Waals surface area (Å²) >= 11 is 1.60. The van der Waals surface area contributed by atoms with E-state index < -0.39 is 0 Å². The lowest BCUT2D eigenvalue weighted by atomic mass is 10.4. The standard InChI is InChI=1S/C11H10N2O2S/c1-8(14)11-12-10(13-15-11)7-16-9-5-3-2-4-6-9/h2-6H,7H2,1H3. The fourth-order valence-corrected chi connectivity index (χ4v) is 1.88. The Kier molecular flexibility index (Phi) is 3.36. The van der Waals surface area contributed by atoms with E-state index in [-0.39, 0.29) is 11.7 Å². The molecule has 0 radical (unpaired) electrons. The molecule has 16 heavy (non-hydrogen) atoms. The van der Waals surface area contributed by atoms with Crippen molar-refractivity contribution < 1.29 is 9.32 Å². The maximum atomic E-state index is 10.9. The summed E-state index contributed by atoms with van der Waals surface area (Å²) in [6.07, 6.45) is 0. The van der Waals surface area contributed by atoms with Crippen LogP contribution in [0.3, 0.4) is 0 Å². The van der Waals surface area contributed by atoms with Crippen LogP contribution in [-0.2, 0) is 5.75 Å². The van der Waals surface area contributed by atoms with Crippen molar-refractivity contribution in [3.05, 3.63) is 42.0 Å². The molecular weight excluding hydrogens is 224 g/mol. The topological polar surface area (TPSA) is 56.0 Å². The lowest BCUT2D eigenvalue weighted by Crippen LogP contribution is -1.92. The maximum absolute atomic E-state index is 10.9. The normalized spacial score (nSPS) is 10.3. The number of nitrogens with zero attached hydrogens (tertiary/aromatic N) is 2. The number of Topliss-reactive ketones (excluding diaryl/α,β-unsaturated/α-hetero) is 1. The van der Waals surface area contributed by atoms with Crippen LogP contribution in [-0.4, -0.2) is 15.9 Å². The van der Waals surface area contributed by atoms with E-state index in [1.807, 2.05) is 30.3 Å². The van der Waals surface area contributed by atoms with Crippen molar-refractivity contribution in [2.45, 2.75) is 17.6 Å². The van der Waals surface area contributed by atoms with Crippen LogP contribution in [0.1, 0.15) is 23.4 Å². The van der Waals surface area contributed by atoms with Crippen molar-refractivity contribution >= 4 is 17.5 Å². The molecule has 0 amide bonds. The molecule has 82 valence electrons. The average molecular weight is 234 g/mol. The molecule has 0 N–H and O–H groups in total. The number of ketones is 1. The average Bonchev–Trinajstić information content (AvgIpc) is 2.76. The third kappa shape index (κ3) is 2.70. The summed E-state index contributed by atoms with van der Waals surface area (Å²) in [7, 11) is 0. The molecule has 0 saturated heterocycles. The van der Waals surface area contributed by atoms with Crippen LogP contribution in [0, 0.1) is 0 Å². The van der Waals surface area contributed by atoms with Gasteiger partial charge in [0.15, 0.2) is 5.82 Å². The number of benzene rings is 1. The smallest absolute Gasteiger partial charge is 0.293 e. The molecule has 2 aromatic rings. The van der Waals surface area contributed by atoms with Crippen molar-refractivity contribution in [1.82, 2.24) is 10.1 Å². The Bertz CT molecular complexity index is 482. The molecule has 1 heterocycles. The quantitative estimate of drug-likeness (QED) is 0.601. The van der Waals surface area contributed by atoms with Crippen LogP contribution in [0.25, 0.3) is 0 Å². The molecule has 1 aromatic carbocycles. The summed E-state index contributed by atoms with van der Waals surface area (Å²) in [4.78, 5) is 16.0. The molecule has 0 fully saturated rings. The van der Waals surface area contributed by atoms with E-state index in [2.05, 4.69) is 10.1 Å². The van der Waals surface area contributed by atoms with Crippen molar-refractivity contribution in [1.29, 1.82) is 0 Å². The monoisotopic (exact) mass is 234 g/mol. The molecule has 5 heteroatoms. The first-order valence-corrected chi connectivity index (χ1v) is 5.75. The van der Waals surface area contributed by atoms with E-state index in [4.69, 9.17) is 4.52 Å². The molecule has 0 aliphatic rings. The van der Waals surface area contributed by atoms with E-state index in [0.29, 0.717) is 11.6 Å². The second kappa shape index (κ2) is 4.94. The second-order valence-corrected chi connectivity index (χ2v) is 4.22. The highest BCUT2D eigenvalue weighted by Gasteiger charge is 2.10. The zero-order chi connectivity index (χ0) is 11.4. The number of thioether (sulfide) groups is 1. The Hall–Kier alpha value is -1.62. The molecule has 0 spiro atoms. The van der Waals surface area contributed by atoms with Gasteiger partial charge < -0.3 is 4.52 Å². The number of rotatable bonds is 4. The molecule has 1 aromatic heterocycles. The minimum Gasteiger partial charge on any atom is -0.331 e. The molecule has 2 rings (SSSR count). The Balaban J connectivity index is 1.97. The highest BCUT2D eigenvalue weighted by atomic mass is 32.2. The Labute approximate surface area is 97.1 Å². The minimum absolute atomic E-state index is 0.0728. The molecule has 0 aliphatic heterocycles. The van der Waals surface area contributed by atoms with Crippen LogP contribution in [0.15, 0.2) is 39.8 Å². The van der Waals surface area contributed by atoms with Gasteiger partial charge in [-0.1, -0.05) is 23.4 Å². The van der Waals surface area contributed by atoms with Gasteiger partial charge in [-0.05, 0) is 12.1 Å². The van der Waals surface area contributed by atoms with Gasteiger partial charge in [0.25, 0.3) is 5.89 Å². The van der Waals surface area contributed by atoms with Gasteiger partial charge in [0.05, 0.1) is 5.75 Å². The largest absolute Gasteiger partial charge is 0.331 e. The van der Waals surface area contributed by atoms with Crippen LogP contribution < -0.4 is 0 Å². The van der Waals surface area contributed by atoms with Crippen molar-refractivity contribution in [3.63, 3.8) is 0 Å². The fraction of sp³-hybridized carbons (Fsp3) is 0.182. The van der Waals surface area contributed by atoms with Crippen LogP contribution in [0.4, 0.5) is 0 Å². The molecule has 0 aliphatic carbocycles. The summed E-state index contributed by atoms with van der Waals surface area (Å²) in [6, 6.07) is 9.93. The Morgan fingerprint density at radius 2 is 2.12 bits per heavy atom. The van der Waals surface area contributed by atoms with Gasteiger partial charge in [-0.15, -0.1) is 11.8 Å². The highest BCUT2D eigenvalue weighted by Crippen LogP contribution is 2.20. The van der Waals surface area contributed by atoms with E-state index in [9.17, 15) is 4.79 Å². The van der Waals surface area contributed by atoms with Gasteiger partial charge in [-0.3, -0.25) is 4.79 Å². The summed E-state index contributed by atoms with van der Waals surface area (Å²) < 4.78 is 4.79. The summed E-state index contributed by atoms with van der Waals surface area (Å²) in [5.41, 5.74) is 0. The molecule has 0 atom stereocenters. The first-order chi connectivity index (χ1) is 7.75. The first-order valence-electron chi connectivity index (χ1n) is 4.77. The van der Waals surface area contributed by atoms with Gasteiger partial charge in [0, 0.05) is 11.8 Å². The third-order valence-electron chi connectivity index (χ3n) is 1.88. The highest BCUT2D eigenvalue weighted by molar-refractivity contribution is 7.98.